The molecule has 29 heavy (non-hydrogen) atoms. The minimum absolute atomic E-state index is 0.0262. The molecule has 0 fully saturated rings. The normalized spacial score (nSPS) is 12.6. The Kier molecular flexibility index (Phi) is 5.92. The summed E-state index contributed by atoms with van der Waals surface area (Å²) < 4.78 is 42.4. The van der Waals surface area contributed by atoms with Crippen molar-refractivity contribution >= 4 is 22.0 Å². The van der Waals surface area contributed by atoms with Crippen LogP contribution in [0, 0.1) is 6.92 Å². The van der Waals surface area contributed by atoms with Gasteiger partial charge in [0.1, 0.15) is 0 Å². The number of nitrogens with zero attached hydrogens (tertiary/aromatic N) is 3. The number of hydrogen-bond acceptors (Lipinski definition) is 3. The predicted molar refractivity (Wildman–Crippen MR) is 103 cm³/mol. The number of benzene rings is 2. The highest BCUT2D eigenvalue weighted by atomic mass is 79.9. The van der Waals surface area contributed by atoms with Gasteiger partial charge in [-0.3, -0.25) is 0 Å². The van der Waals surface area contributed by atoms with Crippen molar-refractivity contribution in [1.82, 2.24) is 20.3 Å². The minimum atomic E-state index is -4.55. The summed E-state index contributed by atoms with van der Waals surface area (Å²) in [5.74, 6) is 0. The van der Waals surface area contributed by atoms with Gasteiger partial charge in [-0.2, -0.15) is 13.2 Å². The molecule has 1 atom stereocenters. The van der Waals surface area contributed by atoms with Crippen LogP contribution >= 0.6 is 15.9 Å². The first-order chi connectivity index (χ1) is 13.7. The van der Waals surface area contributed by atoms with Crippen molar-refractivity contribution in [2.75, 3.05) is 0 Å². The molecule has 10 heteroatoms. The first-order valence-electron chi connectivity index (χ1n) is 8.49. The van der Waals surface area contributed by atoms with Crippen molar-refractivity contribution in [1.29, 1.82) is 0 Å². The van der Waals surface area contributed by atoms with Gasteiger partial charge < -0.3 is 10.4 Å². The third kappa shape index (κ3) is 4.76. The van der Waals surface area contributed by atoms with E-state index in [-0.39, 0.29) is 12.0 Å². The van der Waals surface area contributed by atoms with Crippen LogP contribution in [0.5, 0.6) is 0 Å². The minimum Gasteiger partial charge on any atom is -0.465 e. The van der Waals surface area contributed by atoms with Gasteiger partial charge in [0.2, 0.25) is 0 Å². The highest BCUT2D eigenvalue weighted by molar-refractivity contribution is 9.10. The summed E-state index contributed by atoms with van der Waals surface area (Å²) in [6, 6.07) is 11.1. The van der Waals surface area contributed by atoms with Crippen LogP contribution in [0.1, 0.15) is 28.6 Å². The molecule has 0 unspecified atom stereocenters. The Morgan fingerprint density at radius 1 is 1.21 bits per heavy atom. The number of rotatable bonds is 5. The highest BCUT2D eigenvalue weighted by Gasteiger charge is 2.34. The van der Waals surface area contributed by atoms with E-state index in [2.05, 4.69) is 31.6 Å². The van der Waals surface area contributed by atoms with Gasteiger partial charge in [-0.15, -0.1) is 5.10 Å². The van der Waals surface area contributed by atoms with Crippen molar-refractivity contribution in [3.8, 4) is 5.69 Å². The molecule has 0 spiro atoms. The van der Waals surface area contributed by atoms with Crippen molar-refractivity contribution < 1.29 is 23.1 Å². The Balaban J connectivity index is 2.07. The van der Waals surface area contributed by atoms with Crippen LogP contribution in [-0.2, 0) is 12.6 Å². The largest absolute Gasteiger partial charge is 0.465 e. The van der Waals surface area contributed by atoms with E-state index in [1.54, 1.807) is 31.2 Å². The third-order valence-electron chi connectivity index (χ3n) is 4.33. The summed E-state index contributed by atoms with van der Waals surface area (Å²) in [5, 5.41) is 19.7. The fourth-order valence-electron chi connectivity index (χ4n) is 3.10. The van der Waals surface area contributed by atoms with E-state index in [0.29, 0.717) is 17.1 Å². The molecule has 1 aromatic heterocycles. The Labute approximate surface area is 172 Å². The fraction of sp³-hybridized carbons (Fsp3) is 0.211. The number of carboxylic acid groups (broad SMARTS) is 1. The summed E-state index contributed by atoms with van der Waals surface area (Å²) in [5.41, 5.74) is 0.548. The highest BCUT2D eigenvalue weighted by Crippen LogP contribution is 2.34. The quantitative estimate of drug-likeness (QED) is 0.557. The zero-order valence-electron chi connectivity index (χ0n) is 15.1. The lowest BCUT2D eigenvalue weighted by Gasteiger charge is -2.21. The van der Waals surface area contributed by atoms with Crippen LogP contribution < -0.4 is 5.32 Å². The number of nitrogens with one attached hydrogen (secondary N) is 1. The molecule has 3 rings (SSSR count). The molecule has 0 aliphatic carbocycles. The lowest BCUT2D eigenvalue weighted by molar-refractivity contribution is -0.138. The number of alkyl halides is 3. The topological polar surface area (TPSA) is 80.0 Å². The number of hydrogen-bond donors (Lipinski definition) is 2. The van der Waals surface area contributed by atoms with Gasteiger partial charge in [-0.1, -0.05) is 39.3 Å². The first-order valence-corrected chi connectivity index (χ1v) is 9.29. The number of carbonyl (C=O) groups is 1. The number of aryl methyl sites for hydroxylation is 1. The van der Waals surface area contributed by atoms with Gasteiger partial charge >= 0.3 is 12.3 Å². The summed E-state index contributed by atoms with van der Waals surface area (Å²) in [6.45, 7) is 1.63. The average molecular weight is 469 g/mol. The molecular formula is C19H16BrF3N4O2. The summed E-state index contributed by atoms with van der Waals surface area (Å²) >= 11 is 3.33. The lowest BCUT2D eigenvalue weighted by atomic mass is 9.97. The Hall–Kier alpha value is -2.88. The molecule has 0 aliphatic heterocycles. The van der Waals surface area contributed by atoms with Crippen LogP contribution in [0.15, 0.2) is 53.0 Å². The average Bonchev–Trinajstić information content (AvgIpc) is 3.02. The van der Waals surface area contributed by atoms with Gasteiger partial charge in [0.25, 0.3) is 0 Å². The maximum Gasteiger partial charge on any atom is 0.416 e. The van der Waals surface area contributed by atoms with Crippen LogP contribution in [0.2, 0.25) is 0 Å². The van der Waals surface area contributed by atoms with Gasteiger partial charge in [-0.05, 0) is 49.2 Å². The Morgan fingerprint density at radius 2 is 1.86 bits per heavy atom. The van der Waals surface area contributed by atoms with E-state index in [0.717, 1.165) is 10.5 Å². The van der Waals surface area contributed by atoms with E-state index >= 15 is 0 Å². The summed E-state index contributed by atoms with van der Waals surface area (Å²) in [4.78, 5) is 11.4. The van der Waals surface area contributed by atoms with E-state index in [1.165, 1.54) is 22.9 Å². The molecule has 0 aliphatic rings. The van der Waals surface area contributed by atoms with Crippen molar-refractivity contribution in [3.63, 3.8) is 0 Å². The molecular weight excluding hydrogens is 453 g/mol. The maximum atomic E-state index is 13.4. The Bertz CT molecular complexity index is 1020. The van der Waals surface area contributed by atoms with Crippen LogP contribution in [0.3, 0.4) is 0 Å². The molecule has 0 radical (unpaired) electrons. The van der Waals surface area contributed by atoms with Crippen LogP contribution in [0.25, 0.3) is 5.69 Å². The molecule has 0 saturated heterocycles. The Morgan fingerprint density at radius 3 is 2.48 bits per heavy atom. The van der Waals surface area contributed by atoms with E-state index in [9.17, 15) is 23.1 Å². The molecule has 152 valence electrons. The van der Waals surface area contributed by atoms with Gasteiger partial charge in [0.15, 0.2) is 0 Å². The number of aromatic nitrogens is 3. The number of halogens is 4. The summed E-state index contributed by atoms with van der Waals surface area (Å²) in [6.07, 6.45) is -6.13. The zero-order valence-corrected chi connectivity index (χ0v) is 16.7. The first kappa shape index (κ1) is 20.8. The predicted octanol–water partition coefficient (Wildman–Crippen LogP) is 4.91. The second kappa shape index (κ2) is 8.24. The van der Waals surface area contributed by atoms with E-state index in [1.807, 2.05) is 0 Å². The second-order valence-corrected chi connectivity index (χ2v) is 7.23. The standard InChI is InChI=1S/C19H16BrF3N4O2/c1-11-17(27(26-25-11)14-8-6-13(20)7-9-14)16(24-18(28)29)10-12-4-2-3-5-15(12)19(21,22)23/h2-9,16,24H,10H2,1H3,(H,28,29)/t16-/m1/s1. The second-order valence-electron chi connectivity index (χ2n) is 6.31. The monoisotopic (exact) mass is 468 g/mol. The van der Waals surface area contributed by atoms with Gasteiger partial charge in [-0.25, -0.2) is 9.48 Å². The molecule has 6 nitrogen and oxygen atoms in total. The third-order valence-corrected chi connectivity index (χ3v) is 4.86. The smallest absolute Gasteiger partial charge is 0.416 e. The zero-order chi connectivity index (χ0) is 21.2. The van der Waals surface area contributed by atoms with Crippen LogP contribution in [-0.4, -0.2) is 26.2 Å². The van der Waals surface area contributed by atoms with Crippen molar-refractivity contribution in [2.45, 2.75) is 25.6 Å². The van der Waals surface area contributed by atoms with Crippen molar-refractivity contribution in [3.05, 3.63) is 75.5 Å². The molecule has 2 aromatic carbocycles. The van der Waals surface area contributed by atoms with Gasteiger partial charge in [0, 0.05) is 4.47 Å². The molecule has 0 bridgehead atoms. The molecule has 3 aromatic rings. The number of amides is 1. The van der Waals surface area contributed by atoms with Gasteiger partial charge in [0.05, 0.1) is 28.7 Å². The molecule has 2 N–H and O–H groups in total. The van der Waals surface area contributed by atoms with E-state index in [4.69, 9.17) is 0 Å². The lowest BCUT2D eigenvalue weighted by Crippen LogP contribution is -2.31. The summed E-state index contributed by atoms with van der Waals surface area (Å²) in [7, 11) is 0. The van der Waals surface area contributed by atoms with E-state index < -0.39 is 23.9 Å². The van der Waals surface area contributed by atoms with Crippen molar-refractivity contribution in [2.24, 2.45) is 0 Å². The molecule has 1 amide bonds. The SMILES string of the molecule is Cc1nnn(-c2ccc(Br)cc2)c1[C@@H](Cc1ccccc1C(F)(F)F)NC(=O)O. The molecule has 1 heterocycles. The van der Waals surface area contributed by atoms with Crippen LogP contribution in [0.4, 0.5) is 18.0 Å². The fourth-order valence-corrected chi connectivity index (χ4v) is 3.36. The molecule has 0 saturated carbocycles. The maximum absolute atomic E-state index is 13.4.